The fourth-order valence-corrected chi connectivity index (χ4v) is 3.36. The van der Waals surface area contributed by atoms with Crippen LogP contribution < -0.4 is 10.6 Å². The van der Waals surface area contributed by atoms with Crippen LogP contribution in [0.15, 0.2) is 65.3 Å². The molecule has 7 heteroatoms. The Morgan fingerprint density at radius 3 is 2.50 bits per heavy atom. The first kappa shape index (κ1) is 21.6. The number of hydrogen-bond acceptors (Lipinski definition) is 4. The monoisotopic (exact) mass is 425 g/mol. The molecule has 0 aliphatic rings. The smallest absolute Gasteiger partial charge is 0.291 e. The van der Waals surface area contributed by atoms with Gasteiger partial charge in [-0.15, -0.1) is 0 Å². The maximum atomic E-state index is 12.8. The first-order valence-electron chi connectivity index (χ1n) is 9.51. The van der Waals surface area contributed by atoms with Gasteiger partial charge in [0.2, 0.25) is 0 Å². The molecule has 1 atom stereocenters. The van der Waals surface area contributed by atoms with Crippen LogP contribution >= 0.6 is 11.6 Å². The Labute approximate surface area is 180 Å². The molecule has 1 unspecified atom stereocenters. The van der Waals surface area contributed by atoms with Gasteiger partial charge >= 0.3 is 0 Å². The molecule has 3 rings (SSSR count). The Hall–Kier alpha value is -3.09. The highest BCUT2D eigenvalue weighted by atomic mass is 35.5. The first-order chi connectivity index (χ1) is 14.4. The standard InChI is InChI=1S/C23H24ClN3O3/c1-15-10-11-16(13-19(15)26-23(29)21-9-6-12-30-21)22(28)25-14-20(27(2)3)17-7-4-5-8-18(17)24/h4-13,20H,14H2,1-3H3,(H,25,28)(H,26,29). The van der Waals surface area contributed by atoms with Crippen molar-refractivity contribution in [3.8, 4) is 0 Å². The number of benzene rings is 2. The zero-order chi connectivity index (χ0) is 21.7. The van der Waals surface area contributed by atoms with E-state index < -0.39 is 0 Å². The van der Waals surface area contributed by atoms with Crippen molar-refractivity contribution in [1.82, 2.24) is 10.2 Å². The number of anilines is 1. The minimum absolute atomic E-state index is 0.0776. The summed E-state index contributed by atoms with van der Waals surface area (Å²) in [7, 11) is 3.88. The number of aryl methyl sites for hydroxylation is 1. The highest BCUT2D eigenvalue weighted by Crippen LogP contribution is 2.25. The molecule has 156 valence electrons. The second kappa shape index (κ2) is 9.61. The van der Waals surface area contributed by atoms with Crippen molar-refractivity contribution in [2.24, 2.45) is 0 Å². The van der Waals surface area contributed by atoms with Gasteiger partial charge in [-0.05, 0) is 62.5 Å². The first-order valence-corrected chi connectivity index (χ1v) is 9.89. The van der Waals surface area contributed by atoms with Crippen LogP contribution in [0.1, 0.15) is 38.1 Å². The van der Waals surface area contributed by atoms with E-state index in [4.69, 9.17) is 16.0 Å². The molecule has 3 aromatic rings. The van der Waals surface area contributed by atoms with Crippen LogP contribution in [0.2, 0.25) is 5.02 Å². The van der Waals surface area contributed by atoms with E-state index >= 15 is 0 Å². The van der Waals surface area contributed by atoms with Gasteiger partial charge in [0.15, 0.2) is 5.76 Å². The molecule has 0 fully saturated rings. The summed E-state index contributed by atoms with van der Waals surface area (Å²) in [6, 6.07) is 15.9. The number of hydrogen-bond donors (Lipinski definition) is 2. The zero-order valence-corrected chi connectivity index (χ0v) is 17.9. The fourth-order valence-electron chi connectivity index (χ4n) is 3.10. The van der Waals surface area contributed by atoms with Crippen LogP contribution in [0.5, 0.6) is 0 Å². The molecule has 0 aliphatic heterocycles. The average Bonchev–Trinajstić information content (AvgIpc) is 3.25. The van der Waals surface area contributed by atoms with Crippen molar-refractivity contribution < 1.29 is 14.0 Å². The van der Waals surface area contributed by atoms with Gasteiger partial charge in [-0.25, -0.2) is 0 Å². The van der Waals surface area contributed by atoms with Gasteiger partial charge < -0.3 is 20.0 Å². The van der Waals surface area contributed by atoms with Gasteiger partial charge in [-0.3, -0.25) is 9.59 Å². The minimum atomic E-state index is -0.368. The minimum Gasteiger partial charge on any atom is -0.459 e. The third kappa shape index (κ3) is 5.09. The zero-order valence-electron chi connectivity index (χ0n) is 17.1. The molecule has 0 spiro atoms. The van der Waals surface area contributed by atoms with E-state index in [-0.39, 0.29) is 23.6 Å². The number of carbonyl (C=O) groups excluding carboxylic acids is 2. The molecule has 0 radical (unpaired) electrons. The molecule has 0 bridgehead atoms. The van der Waals surface area contributed by atoms with Crippen molar-refractivity contribution >= 4 is 29.1 Å². The van der Waals surface area contributed by atoms with E-state index in [1.165, 1.54) is 6.26 Å². The topological polar surface area (TPSA) is 74.6 Å². The van der Waals surface area contributed by atoms with Gasteiger partial charge in [-0.2, -0.15) is 0 Å². The lowest BCUT2D eigenvalue weighted by atomic mass is 10.1. The highest BCUT2D eigenvalue weighted by Gasteiger charge is 2.19. The van der Waals surface area contributed by atoms with Crippen LogP contribution in [0, 0.1) is 6.92 Å². The molecule has 2 amide bonds. The molecule has 0 saturated heterocycles. The number of nitrogens with one attached hydrogen (secondary N) is 2. The summed E-state index contributed by atoms with van der Waals surface area (Å²) >= 11 is 6.34. The summed E-state index contributed by atoms with van der Waals surface area (Å²) in [5, 5.41) is 6.41. The molecular weight excluding hydrogens is 402 g/mol. The van der Waals surface area contributed by atoms with Crippen molar-refractivity contribution in [2.45, 2.75) is 13.0 Å². The van der Waals surface area contributed by atoms with E-state index in [0.717, 1.165) is 11.1 Å². The number of carbonyl (C=O) groups is 2. The normalized spacial score (nSPS) is 11.9. The lowest BCUT2D eigenvalue weighted by molar-refractivity contribution is 0.0940. The third-order valence-corrected chi connectivity index (χ3v) is 5.18. The average molecular weight is 426 g/mol. The summed E-state index contributed by atoms with van der Waals surface area (Å²) in [4.78, 5) is 27.0. The predicted molar refractivity (Wildman–Crippen MR) is 118 cm³/mol. The second-order valence-corrected chi connectivity index (χ2v) is 7.58. The number of rotatable bonds is 7. The van der Waals surface area contributed by atoms with E-state index in [0.29, 0.717) is 22.8 Å². The fraction of sp³-hybridized carbons (Fsp3) is 0.217. The Morgan fingerprint density at radius 1 is 1.07 bits per heavy atom. The van der Waals surface area contributed by atoms with Crippen molar-refractivity contribution in [1.29, 1.82) is 0 Å². The van der Waals surface area contributed by atoms with Crippen molar-refractivity contribution in [3.63, 3.8) is 0 Å². The maximum absolute atomic E-state index is 12.8. The van der Waals surface area contributed by atoms with Crippen LogP contribution in [0.4, 0.5) is 5.69 Å². The molecule has 2 N–H and O–H groups in total. The highest BCUT2D eigenvalue weighted by molar-refractivity contribution is 6.31. The van der Waals surface area contributed by atoms with E-state index in [9.17, 15) is 9.59 Å². The lowest BCUT2D eigenvalue weighted by Gasteiger charge is -2.26. The van der Waals surface area contributed by atoms with Crippen LogP contribution in [-0.2, 0) is 0 Å². The summed E-state index contributed by atoms with van der Waals surface area (Å²) in [6.07, 6.45) is 1.44. The van der Waals surface area contributed by atoms with Crippen molar-refractivity contribution in [2.75, 3.05) is 26.0 Å². The Balaban J connectivity index is 1.72. The van der Waals surface area contributed by atoms with E-state index in [2.05, 4.69) is 10.6 Å². The van der Waals surface area contributed by atoms with Crippen molar-refractivity contribution in [3.05, 3.63) is 88.3 Å². The molecule has 2 aromatic carbocycles. The molecule has 0 aliphatic carbocycles. The number of nitrogens with zero attached hydrogens (tertiary/aromatic N) is 1. The Bertz CT molecular complexity index is 1030. The molecule has 0 saturated carbocycles. The van der Waals surface area contributed by atoms with E-state index in [1.54, 1.807) is 30.3 Å². The number of likely N-dealkylation sites (N-methyl/N-ethyl adjacent to an activating group) is 1. The van der Waals surface area contributed by atoms with Gasteiger partial charge in [0.1, 0.15) is 0 Å². The van der Waals surface area contributed by atoms with Gasteiger partial charge in [0.25, 0.3) is 11.8 Å². The van der Waals surface area contributed by atoms with Crippen LogP contribution in [0.25, 0.3) is 0 Å². The Kier molecular flexibility index (Phi) is 6.92. The molecule has 1 aromatic heterocycles. The molecule has 6 nitrogen and oxygen atoms in total. The van der Waals surface area contributed by atoms with E-state index in [1.807, 2.05) is 50.2 Å². The van der Waals surface area contributed by atoms with Crippen LogP contribution in [-0.4, -0.2) is 37.4 Å². The van der Waals surface area contributed by atoms with Gasteiger partial charge in [0.05, 0.1) is 12.3 Å². The second-order valence-electron chi connectivity index (χ2n) is 7.17. The number of amides is 2. The van der Waals surface area contributed by atoms with Crippen LogP contribution in [0.3, 0.4) is 0 Å². The molecule has 1 heterocycles. The van der Waals surface area contributed by atoms with Gasteiger partial charge in [0, 0.05) is 22.8 Å². The third-order valence-electron chi connectivity index (χ3n) is 4.84. The maximum Gasteiger partial charge on any atom is 0.291 e. The molecular formula is C23H24ClN3O3. The summed E-state index contributed by atoms with van der Waals surface area (Å²) < 4.78 is 5.12. The predicted octanol–water partition coefficient (Wildman–Crippen LogP) is 4.53. The summed E-state index contributed by atoms with van der Waals surface area (Å²) in [5.74, 6) is -0.396. The Morgan fingerprint density at radius 2 is 1.83 bits per heavy atom. The SMILES string of the molecule is Cc1ccc(C(=O)NCC(c2ccccc2Cl)N(C)C)cc1NC(=O)c1ccco1. The summed E-state index contributed by atoms with van der Waals surface area (Å²) in [5.41, 5.74) is 2.79. The summed E-state index contributed by atoms with van der Waals surface area (Å²) in [6.45, 7) is 2.25. The number of furan rings is 1. The number of halogens is 1. The lowest BCUT2D eigenvalue weighted by Crippen LogP contribution is -2.34. The van der Waals surface area contributed by atoms with Gasteiger partial charge in [-0.1, -0.05) is 35.9 Å². The molecule has 30 heavy (non-hydrogen) atoms. The largest absolute Gasteiger partial charge is 0.459 e. The quantitative estimate of drug-likeness (QED) is 0.583.